The van der Waals surface area contributed by atoms with Crippen LogP contribution in [0.15, 0.2) is 48.5 Å². The van der Waals surface area contributed by atoms with Gasteiger partial charge in [0.05, 0.1) is 13.7 Å². The fourth-order valence-electron chi connectivity index (χ4n) is 3.32. The molecule has 1 saturated heterocycles. The summed E-state index contributed by atoms with van der Waals surface area (Å²) in [6.07, 6.45) is 0.689. The lowest BCUT2D eigenvalue weighted by Gasteiger charge is -2.34. The normalized spacial score (nSPS) is 17.0. The summed E-state index contributed by atoms with van der Waals surface area (Å²) in [5, 5.41) is 2.79. The number of methoxy groups -OCH3 is 1. The van der Waals surface area contributed by atoms with Crippen LogP contribution < -0.4 is 10.1 Å². The SMILES string of the molecule is COc1cccc(CNC(=O)CN2CCCN(Cc3ccccc3C)S2(=O)=O)c1. The van der Waals surface area contributed by atoms with E-state index in [1.807, 2.05) is 55.5 Å². The van der Waals surface area contributed by atoms with Crippen LogP contribution in [0, 0.1) is 6.92 Å². The molecule has 3 rings (SSSR count). The highest BCUT2D eigenvalue weighted by atomic mass is 32.2. The lowest BCUT2D eigenvalue weighted by Crippen LogP contribution is -2.52. The Hall–Kier alpha value is -2.42. The van der Waals surface area contributed by atoms with Crippen LogP contribution in [0.4, 0.5) is 0 Å². The minimum absolute atomic E-state index is 0.184. The second kappa shape index (κ2) is 9.39. The Labute approximate surface area is 172 Å². The number of aryl methyl sites for hydroxylation is 1. The number of nitrogens with one attached hydrogen (secondary N) is 1. The number of hydrogen-bond donors (Lipinski definition) is 1. The highest BCUT2D eigenvalue weighted by Crippen LogP contribution is 2.20. The van der Waals surface area contributed by atoms with Gasteiger partial charge in [-0.3, -0.25) is 4.79 Å². The molecule has 7 nitrogen and oxygen atoms in total. The number of carbonyl (C=O) groups is 1. The number of rotatable bonds is 7. The van der Waals surface area contributed by atoms with Crippen LogP contribution in [-0.2, 0) is 28.1 Å². The van der Waals surface area contributed by atoms with E-state index in [1.54, 1.807) is 7.11 Å². The van der Waals surface area contributed by atoms with Crippen molar-refractivity contribution in [3.8, 4) is 5.75 Å². The molecular weight excluding hydrogens is 390 g/mol. The van der Waals surface area contributed by atoms with Gasteiger partial charge in [-0.1, -0.05) is 36.4 Å². The van der Waals surface area contributed by atoms with Crippen LogP contribution in [0.25, 0.3) is 0 Å². The number of ether oxygens (including phenoxy) is 1. The summed E-state index contributed by atoms with van der Waals surface area (Å²) in [4.78, 5) is 12.4. The molecule has 2 aromatic rings. The molecule has 2 aromatic carbocycles. The van der Waals surface area contributed by atoms with E-state index in [1.165, 1.54) is 8.61 Å². The summed E-state index contributed by atoms with van der Waals surface area (Å²) < 4.78 is 33.8. The maximum Gasteiger partial charge on any atom is 0.282 e. The Morgan fingerprint density at radius 1 is 1.10 bits per heavy atom. The molecular formula is C21H27N3O4S. The number of nitrogens with zero attached hydrogens (tertiary/aromatic N) is 2. The molecule has 1 heterocycles. The summed E-state index contributed by atoms with van der Waals surface area (Å²) in [5.74, 6) is 0.386. The van der Waals surface area contributed by atoms with E-state index >= 15 is 0 Å². The van der Waals surface area contributed by atoms with Gasteiger partial charge in [0.25, 0.3) is 10.2 Å². The van der Waals surface area contributed by atoms with Crippen LogP contribution >= 0.6 is 0 Å². The first kappa shape index (κ1) is 21.3. The number of carbonyl (C=O) groups excluding carboxylic acids is 1. The van der Waals surface area contributed by atoms with E-state index in [9.17, 15) is 13.2 Å². The summed E-state index contributed by atoms with van der Waals surface area (Å²) in [6, 6.07) is 15.1. The maximum atomic E-state index is 13.0. The maximum absolute atomic E-state index is 13.0. The van der Waals surface area contributed by atoms with E-state index in [0.717, 1.165) is 16.7 Å². The van der Waals surface area contributed by atoms with Crippen LogP contribution in [0.2, 0.25) is 0 Å². The quantitative estimate of drug-likeness (QED) is 0.748. The van der Waals surface area contributed by atoms with Crippen molar-refractivity contribution in [1.29, 1.82) is 0 Å². The Kier molecular flexibility index (Phi) is 6.89. The molecule has 1 aliphatic heterocycles. The highest BCUT2D eigenvalue weighted by Gasteiger charge is 2.34. The van der Waals surface area contributed by atoms with E-state index in [4.69, 9.17) is 4.74 Å². The lowest BCUT2D eigenvalue weighted by molar-refractivity contribution is -0.121. The zero-order valence-electron chi connectivity index (χ0n) is 16.8. The molecule has 8 heteroatoms. The third-order valence-electron chi connectivity index (χ3n) is 5.02. The van der Waals surface area contributed by atoms with Gasteiger partial charge >= 0.3 is 0 Å². The van der Waals surface area contributed by atoms with Gasteiger partial charge in [-0.25, -0.2) is 0 Å². The van der Waals surface area contributed by atoms with Crippen molar-refractivity contribution in [2.24, 2.45) is 0 Å². The molecule has 0 saturated carbocycles. The van der Waals surface area contributed by atoms with E-state index < -0.39 is 10.2 Å². The second-order valence-corrected chi connectivity index (χ2v) is 9.01. The van der Waals surface area contributed by atoms with Gasteiger partial charge in [-0.15, -0.1) is 0 Å². The van der Waals surface area contributed by atoms with E-state index in [2.05, 4.69) is 5.32 Å². The molecule has 156 valence electrons. The molecule has 0 aliphatic carbocycles. The predicted molar refractivity (Wildman–Crippen MR) is 112 cm³/mol. The minimum atomic E-state index is -3.68. The van der Waals surface area contributed by atoms with Crippen molar-refractivity contribution in [2.75, 3.05) is 26.7 Å². The first-order chi connectivity index (χ1) is 13.9. The number of benzene rings is 2. The molecule has 1 amide bonds. The zero-order chi connectivity index (χ0) is 20.9. The molecule has 0 spiro atoms. The van der Waals surface area contributed by atoms with Gasteiger partial charge in [0.1, 0.15) is 5.75 Å². The van der Waals surface area contributed by atoms with Crippen LogP contribution in [0.3, 0.4) is 0 Å². The number of amides is 1. The molecule has 0 bridgehead atoms. The predicted octanol–water partition coefficient (Wildman–Crippen LogP) is 2.07. The fraction of sp³-hybridized carbons (Fsp3) is 0.381. The zero-order valence-corrected chi connectivity index (χ0v) is 17.6. The largest absolute Gasteiger partial charge is 0.497 e. The van der Waals surface area contributed by atoms with Crippen molar-refractivity contribution < 1.29 is 17.9 Å². The van der Waals surface area contributed by atoms with Crippen molar-refractivity contribution in [3.63, 3.8) is 0 Å². The molecule has 0 aromatic heterocycles. The minimum Gasteiger partial charge on any atom is -0.497 e. The van der Waals surface area contributed by atoms with E-state index in [-0.39, 0.29) is 12.5 Å². The Balaban J connectivity index is 1.61. The summed E-state index contributed by atoms with van der Waals surface area (Å²) in [6.45, 7) is 3.22. The standard InChI is InChI=1S/C21H27N3O4S/c1-17-7-3-4-9-19(17)15-23-11-6-12-24(29(23,26)27)16-21(25)22-14-18-8-5-10-20(13-18)28-2/h3-5,7-10,13H,6,11-12,14-16H2,1-2H3,(H,22,25). The van der Waals surface area contributed by atoms with Crippen molar-refractivity contribution in [3.05, 3.63) is 65.2 Å². The smallest absolute Gasteiger partial charge is 0.282 e. The van der Waals surface area contributed by atoms with Gasteiger partial charge in [0.2, 0.25) is 5.91 Å². The Morgan fingerprint density at radius 2 is 1.86 bits per heavy atom. The molecule has 1 N–H and O–H groups in total. The van der Waals surface area contributed by atoms with Crippen molar-refractivity contribution in [2.45, 2.75) is 26.4 Å². The van der Waals surface area contributed by atoms with Crippen LogP contribution in [0.1, 0.15) is 23.1 Å². The average molecular weight is 418 g/mol. The van der Waals surface area contributed by atoms with E-state index in [0.29, 0.717) is 38.3 Å². The molecule has 1 aliphatic rings. The summed E-state index contributed by atoms with van der Waals surface area (Å²) >= 11 is 0. The molecule has 0 unspecified atom stereocenters. The van der Waals surface area contributed by atoms with Crippen molar-refractivity contribution in [1.82, 2.24) is 13.9 Å². The molecule has 0 radical (unpaired) electrons. The summed E-state index contributed by atoms with van der Waals surface area (Å²) in [7, 11) is -2.10. The van der Waals surface area contributed by atoms with Gasteiger partial charge < -0.3 is 10.1 Å². The molecule has 1 fully saturated rings. The first-order valence-corrected chi connectivity index (χ1v) is 11.0. The third-order valence-corrected chi connectivity index (χ3v) is 6.95. The van der Waals surface area contributed by atoms with Gasteiger partial charge in [-0.2, -0.15) is 17.0 Å². The lowest BCUT2D eigenvalue weighted by atomic mass is 10.1. The first-order valence-electron chi connectivity index (χ1n) is 9.59. The fourth-order valence-corrected chi connectivity index (χ4v) is 4.94. The third kappa shape index (κ3) is 5.35. The number of hydrogen-bond acceptors (Lipinski definition) is 4. The summed E-state index contributed by atoms with van der Waals surface area (Å²) in [5.41, 5.74) is 2.91. The Morgan fingerprint density at radius 3 is 2.62 bits per heavy atom. The topological polar surface area (TPSA) is 79.0 Å². The highest BCUT2D eigenvalue weighted by molar-refractivity contribution is 7.86. The van der Waals surface area contributed by atoms with Crippen LogP contribution in [0.5, 0.6) is 5.75 Å². The molecule has 0 atom stereocenters. The Bertz CT molecular complexity index is 962. The van der Waals surface area contributed by atoms with Gasteiger partial charge in [0.15, 0.2) is 0 Å². The monoisotopic (exact) mass is 417 g/mol. The van der Waals surface area contributed by atoms with Crippen LogP contribution in [-0.4, -0.2) is 49.7 Å². The van der Waals surface area contributed by atoms with Gasteiger partial charge in [0, 0.05) is 26.2 Å². The van der Waals surface area contributed by atoms with Crippen molar-refractivity contribution >= 4 is 16.1 Å². The second-order valence-electron chi connectivity index (χ2n) is 7.08. The molecule has 29 heavy (non-hydrogen) atoms. The van der Waals surface area contributed by atoms with Gasteiger partial charge in [-0.05, 0) is 42.2 Å². The average Bonchev–Trinajstić information content (AvgIpc) is 2.71.